The first-order valence-corrected chi connectivity index (χ1v) is 9.96. The van der Waals surface area contributed by atoms with E-state index in [4.69, 9.17) is 16.3 Å². The maximum Gasteiger partial charge on any atom is 0.184 e. The Labute approximate surface area is 166 Å². The fourth-order valence-corrected chi connectivity index (χ4v) is 4.38. The maximum absolute atomic E-state index is 6.18. The standard InChI is InChI=1S/C21H20ClN3OS/c1-23-21-25(20(13-27-21)14-3-6-17(26-2)7-4-14)10-9-15-12-24-19-8-5-16(22)11-18(15)19/h3-8,11-13,24H,9-10H2,1-2H3. The minimum Gasteiger partial charge on any atom is -0.497 e. The van der Waals surface area contributed by atoms with E-state index in [1.54, 1.807) is 18.4 Å². The number of ether oxygens (including phenoxy) is 1. The summed E-state index contributed by atoms with van der Waals surface area (Å²) in [5.41, 5.74) is 4.69. The van der Waals surface area contributed by atoms with Gasteiger partial charge in [-0.3, -0.25) is 4.99 Å². The van der Waals surface area contributed by atoms with Gasteiger partial charge in [-0.15, -0.1) is 11.3 Å². The van der Waals surface area contributed by atoms with E-state index in [2.05, 4.69) is 38.3 Å². The number of halogens is 1. The highest BCUT2D eigenvalue weighted by Crippen LogP contribution is 2.25. The van der Waals surface area contributed by atoms with Gasteiger partial charge in [0.05, 0.1) is 12.8 Å². The average Bonchev–Trinajstić information content (AvgIpc) is 3.29. The summed E-state index contributed by atoms with van der Waals surface area (Å²) in [6.45, 7) is 0.844. The van der Waals surface area contributed by atoms with Crippen molar-refractivity contribution in [3.05, 3.63) is 69.4 Å². The molecule has 4 nitrogen and oxygen atoms in total. The van der Waals surface area contributed by atoms with Gasteiger partial charge in [0.25, 0.3) is 0 Å². The van der Waals surface area contributed by atoms with E-state index in [1.807, 2.05) is 37.4 Å². The number of aromatic nitrogens is 2. The van der Waals surface area contributed by atoms with Gasteiger partial charge in [0.15, 0.2) is 4.80 Å². The minimum atomic E-state index is 0.759. The maximum atomic E-state index is 6.18. The number of fused-ring (bicyclic) bond motifs is 1. The molecule has 4 aromatic rings. The van der Waals surface area contributed by atoms with E-state index >= 15 is 0 Å². The highest BCUT2D eigenvalue weighted by molar-refractivity contribution is 7.07. The molecule has 2 aromatic carbocycles. The number of hydrogen-bond donors (Lipinski definition) is 1. The van der Waals surface area contributed by atoms with Crippen molar-refractivity contribution in [3.8, 4) is 17.0 Å². The second-order valence-corrected chi connectivity index (χ2v) is 7.53. The Morgan fingerprint density at radius 1 is 1.19 bits per heavy atom. The van der Waals surface area contributed by atoms with Crippen LogP contribution in [-0.4, -0.2) is 23.7 Å². The summed E-state index contributed by atoms with van der Waals surface area (Å²) in [5, 5.41) is 4.10. The van der Waals surface area contributed by atoms with Gasteiger partial charge in [-0.05, 0) is 60.0 Å². The highest BCUT2D eigenvalue weighted by atomic mass is 35.5. The molecule has 2 heterocycles. The Morgan fingerprint density at radius 3 is 2.74 bits per heavy atom. The molecular weight excluding hydrogens is 378 g/mol. The average molecular weight is 398 g/mol. The number of methoxy groups -OCH3 is 1. The van der Waals surface area contributed by atoms with Crippen LogP contribution >= 0.6 is 22.9 Å². The predicted molar refractivity (Wildman–Crippen MR) is 113 cm³/mol. The van der Waals surface area contributed by atoms with E-state index in [0.29, 0.717) is 0 Å². The molecule has 0 unspecified atom stereocenters. The monoisotopic (exact) mass is 397 g/mol. The fourth-order valence-electron chi connectivity index (χ4n) is 3.30. The lowest BCUT2D eigenvalue weighted by Gasteiger charge is -2.10. The van der Waals surface area contributed by atoms with Gasteiger partial charge in [0.1, 0.15) is 5.75 Å². The number of benzene rings is 2. The molecule has 0 amide bonds. The SMILES string of the molecule is CN=c1scc(-c2ccc(OC)cc2)n1CCc1c[nH]c2ccc(Cl)cc12. The molecule has 0 bridgehead atoms. The molecule has 0 saturated heterocycles. The Bertz CT molecular complexity index is 1140. The van der Waals surface area contributed by atoms with Crippen molar-refractivity contribution in [2.75, 3.05) is 14.2 Å². The number of nitrogens with one attached hydrogen (secondary N) is 1. The summed E-state index contributed by atoms with van der Waals surface area (Å²) < 4.78 is 7.55. The third-order valence-electron chi connectivity index (χ3n) is 4.71. The second-order valence-electron chi connectivity index (χ2n) is 6.26. The third-order valence-corrected chi connectivity index (χ3v) is 5.90. The Balaban J connectivity index is 1.66. The van der Waals surface area contributed by atoms with Crippen molar-refractivity contribution in [1.29, 1.82) is 0 Å². The van der Waals surface area contributed by atoms with Crippen LogP contribution in [0.25, 0.3) is 22.2 Å². The number of nitrogens with zero attached hydrogens (tertiary/aromatic N) is 2. The summed E-state index contributed by atoms with van der Waals surface area (Å²) in [5.74, 6) is 0.858. The molecule has 0 spiro atoms. The number of aryl methyl sites for hydroxylation is 1. The lowest BCUT2D eigenvalue weighted by Crippen LogP contribution is -2.17. The normalized spacial score (nSPS) is 12.0. The molecule has 0 aliphatic heterocycles. The van der Waals surface area contributed by atoms with Crippen molar-refractivity contribution in [3.63, 3.8) is 0 Å². The molecule has 6 heteroatoms. The molecule has 138 valence electrons. The molecule has 0 atom stereocenters. The van der Waals surface area contributed by atoms with Gasteiger partial charge < -0.3 is 14.3 Å². The molecule has 0 radical (unpaired) electrons. The lowest BCUT2D eigenvalue weighted by molar-refractivity contribution is 0.415. The molecule has 4 rings (SSSR count). The van der Waals surface area contributed by atoms with Crippen molar-refractivity contribution < 1.29 is 4.74 Å². The zero-order chi connectivity index (χ0) is 18.8. The summed E-state index contributed by atoms with van der Waals surface area (Å²) in [4.78, 5) is 8.80. The van der Waals surface area contributed by atoms with Crippen LogP contribution in [-0.2, 0) is 13.0 Å². The van der Waals surface area contributed by atoms with Crippen molar-refractivity contribution in [1.82, 2.24) is 9.55 Å². The van der Waals surface area contributed by atoms with Crippen molar-refractivity contribution in [2.45, 2.75) is 13.0 Å². The molecule has 27 heavy (non-hydrogen) atoms. The lowest BCUT2D eigenvalue weighted by atomic mass is 10.1. The van der Waals surface area contributed by atoms with Crippen LogP contribution in [0.15, 0.2) is 59.0 Å². The van der Waals surface area contributed by atoms with Crippen LogP contribution in [0, 0.1) is 0 Å². The second kappa shape index (κ2) is 7.62. The summed E-state index contributed by atoms with van der Waals surface area (Å²) in [7, 11) is 3.52. The smallest absolute Gasteiger partial charge is 0.184 e. The minimum absolute atomic E-state index is 0.759. The van der Waals surface area contributed by atoms with Crippen LogP contribution in [0.2, 0.25) is 5.02 Å². The molecule has 2 aromatic heterocycles. The summed E-state index contributed by atoms with van der Waals surface area (Å²) in [6, 6.07) is 14.1. The Hall–Kier alpha value is -2.50. The largest absolute Gasteiger partial charge is 0.497 e. The van der Waals surface area contributed by atoms with Crippen LogP contribution in [0.1, 0.15) is 5.56 Å². The molecular formula is C21H20ClN3OS. The van der Waals surface area contributed by atoms with Gasteiger partial charge >= 0.3 is 0 Å². The summed E-state index contributed by atoms with van der Waals surface area (Å²) in [6.07, 6.45) is 2.97. The zero-order valence-electron chi connectivity index (χ0n) is 15.2. The van der Waals surface area contributed by atoms with E-state index < -0.39 is 0 Å². The van der Waals surface area contributed by atoms with Crippen molar-refractivity contribution in [2.24, 2.45) is 4.99 Å². The number of H-pyrrole nitrogens is 1. The van der Waals surface area contributed by atoms with Crippen LogP contribution in [0.3, 0.4) is 0 Å². The van der Waals surface area contributed by atoms with Gasteiger partial charge in [0, 0.05) is 41.1 Å². The Morgan fingerprint density at radius 2 is 2.00 bits per heavy atom. The van der Waals surface area contributed by atoms with E-state index in [1.165, 1.54) is 16.6 Å². The first-order chi connectivity index (χ1) is 13.2. The van der Waals surface area contributed by atoms with Gasteiger partial charge in [-0.1, -0.05) is 11.6 Å². The van der Waals surface area contributed by atoms with E-state index in [-0.39, 0.29) is 0 Å². The Kier molecular flexibility index (Phi) is 5.05. The molecule has 0 aliphatic rings. The van der Waals surface area contributed by atoms with Gasteiger partial charge in [-0.2, -0.15) is 0 Å². The zero-order valence-corrected chi connectivity index (χ0v) is 16.8. The quantitative estimate of drug-likeness (QED) is 0.498. The molecule has 0 saturated carbocycles. The third kappa shape index (κ3) is 3.53. The van der Waals surface area contributed by atoms with E-state index in [0.717, 1.165) is 39.6 Å². The number of thiazole rings is 1. The first-order valence-electron chi connectivity index (χ1n) is 8.70. The predicted octanol–water partition coefficient (Wildman–Crippen LogP) is 5.13. The van der Waals surface area contributed by atoms with E-state index in [9.17, 15) is 0 Å². The van der Waals surface area contributed by atoms with Crippen LogP contribution in [0.5, 0.6) is 5.75 Å². The topological polar surface area (TPSA) is 42.3 Å². The summed E-state index contributed by atoms with van der Waals surface area (Å²) >= 11 is 7.84. The molecule has 1 N–H and O–H groups in total. The highest BCUT2D eigenvalue weighted by Gasteiger charge is 2.10. The van der Waals surface area contributed by atoms with Gasteiger partial charge in [-0.25, -0.2) is 0 Å². The number of rotatable bonds is 5. The first kappa shape index (κ1) is 17.9. The van der Waals surface area contributed by atoms with Crippen LogP contribution < -0.4 is 9.54 Å². The number of hydrogen-bond acceptors (Lipinski definition) is 3. The molecule has 0 aliphatic carbocycles. The van der Waals surface area contributed by atoms with Gasteiger partial charge in [0.2, 0.25) is 0 Å². The fraction of sp³-hybridized carbons (Fsp3) is 0.190. The van der Waals surface area contributed by atoms with Crippen LogP contribution in [0.4, 0.5) is 0 Å². The van der Waals surface area contributed by atoms with Crippen molar-refractivity contribution >= 4 is 33.8 Å². The molecule has 0 fully saturated rings. The number of aromatic amines is 1.